The average molecular weight is 287 g/mol. The number of fused-ring (bicyclic) bond motifs is 1. The van der Waals surface area contributed by atoms with Crippen LogP contribution >= 0.6 is 11.6 Å². The Hall–Kier alpha value is -1.94. The zero-order valence-corrected chi connectivity index (χ0v) is 12.2. The molecule has 0 fully saturated rings. The molecule has 0 aromatic carbocycles. The van der Waals surface area contributed by atoms with Crippen LogP contribution in [0.3, 0.4) is 0 Å². The molecule has 0 bridgehead atoms. The summed E-state index contributed by atoms with van der Waals surface area (Å²) >= 11 is 6.05. The molecule has 1 unspecified atom stereocenters. The first-order valence-electron chi connectivity index (χ1n) is 6.50. The summed E-state index contributed by atoms with van der Waals surface area (Å²) in [7, 11) is 0. The highest BCUT2D eigenvalue weighted by Gasteiger charge is 2.17. The topological polar surface area (TPSA) is 43.6 Å². The molecule has 0 saturated carbocycles. The number of rotatable bonds is 3. The van der Waals surface area contributed by atoms with E-state index in [-0.39, 0.29) is 6.04 Å². The van der Waals surface area contributed by atoms with Crippen molar-refractivity contribution in [3.63, 3.8) is 0 Å². The van der Waals surface area contributed by atoms with Gasteiger partial charge in [-0.05, 0) is 43.2 Å². The Balaban J connectivity index is 2.19. The van der Waals surface area contributed by atoms with E-state index < -0.39 is 0 Å². The van der Waals surface area contributed by atoms with Crippen molar-refractivity contribution >= 4 is 22.8 Å². The van der Waals surface area contributed by atoms with Crippen molar-refractivity contribution in [2.75, 3.05) is 0 Å². The van der Waals surface area contributed by atoms with Crippen molar-refractivity contribution in [3.8, 4) is 0 Å². The van der Waals surface area contributed by atoms with Crippen LogP contribution in [0.5, 0.6) is 0 Å². The van der Waals surface area contributed by atoms with Gasteiger partial charge in [0.15, 0.2) is 5.65 Å². The zero-order chi connectivity index (χ0) is 14.1. The minimum Gasteiger partial charge on any atom is -0.304 e. The summed E-state index contributed by atoms with van der Waals surface area (Å²) in [5.41, 5.74) is 4.02. The Morgan fingerprint density at radius 3 is 2.75 bits per heavy atom. The Kier molecular flexibility index (Phi) is 3.40. The number of halogens is 1. The van der Waals surface area contributed by atoms with Gasteiger partial charge in [0, 0.05) is 18.6 Å². The maximum atomic E-state index is 6.05. The molecular weight excluding hydrogens is 272 g/mol. The third kappa shape index (κ3) is 2.16. The Morgan fingerprint density at radius 2 is 2.05 bits per heavy atom. The lowest BCUT2D eigenvalue weighted by atomic mass is 10.1. The molecule has 3 heterocycles. The zero-order valence-electron chi connectivity index (χ0n) is 11.4. The van der Waals surface area contributed by atoms with Gasteiger partial charge in [0.25, 0.3) is 0 Å². The van der Waals surface area contributed by atoms with E-state index in [1.807, 2.05) is 31.3 Å². The fourth-order valence-electron chi connectivity index (χ4n) is 2.42. The molecule has 3 rings (SSSR count). The minimum absolute atomic E-state index is 0.118. The summed E-state index contributed by atoms with van der Waals surface area (Å²) in [5.74, 6) is 1.20. The number of hydrogen-bond donors (Lipinski definition) is 0. The SMILES string of the molecule is Cc1cnc2c(c1)nc(CCl)n2C(C)c1ccncc1. The van der Waals surface area contributed by atoms with Crippen molar-refractivity contribution in [3.05, 3.63) is 53.7 Å². The van der Waals surface area contributed by atoms with E-state index in [1.165, 1.54) is 0 Å². The molecule has 0 radical (unpaired) electrons. The van der Waals surface area contributed by atoms with E-state index >= 15 is 0 Å². The summed E-state index contributed by atoms with van der Waals surface area (Å²) in [6.45, 7) is 4.13. The van der Waals surface area contributed by atoms with Crippen LogP contribution in [0.1, 0.15) is 29.9 Å². The maximum absolute atomic E-state index is 6.05. The first kappa shape index (κ1) is 13.1. The molecule has 5 heteroatoms. The Labute approximate surface area is 122 Å². The number of aryl methyl sites for hydroxylation is 1. The molecule has 3 aromatic rings. The molecule has 4 nitrogen and oxygen atoms in total. The second kappa shape index (κ2) is 5.21. The number of nitrogens with zero attached hydrogens (tertiary/aromatic N) is 4. The van der Waals surface area contributed by atoms with Gasteiger partial charge in [-0.15, -0.1) is 11.6 Å². The quantitative estimate of drug-likeness (QED) is 0.692. The van der Waals surface area contributed by atoms with Gasteiger partial charge in [-0.25, -0.2) is 9.97 Å². The van der Waals surface area contributed by atoms with Crippen molar-refractivity contribution < 1.29 is 0 Å². The predicted octanol–water partition coefficient (Wildman–Crippen LogP) is 3.48. The van der Waals surface area contributed by atoms with E-state index in [2.05, 4.69) is 26.4 Å². The van der Waals surface area contributed by atoms with Gasteiger partial charge in [0.2, 0.25) is 0 Å². The van der Waals surface area contributed by atoms with E-state index in [1.54, 1.807) is 12.4 Å². The van der Waals surface area contributed by atoms with Gasteiger partial charge in [-0.1, -0.05) is 0 Å². The molecule has 0 saturated heterocycles. The van der Waals surface area contributed by atoms with Crippen molar-refractivity contribution in [2.45, 2.75) is 25.8 Å². The molecule has 0 spiro atoms. The minimum atomic E-state index is 0.118. The lowest BCUT2D eigenvalue weighted by molar-refractivity contribution is 0.628. The smallest absolute Gasteiger partial charge is 0.160 e. The molecule has 0 aliphatic heterocycles. The normalized spacial score (nSPS) is 12.8. The molecule has 0 amide bonds. The largest absolute Gasteiger partial charge is 0.304 e. The third-order valence-electron chi connectivity index (χ3n) is 3.44. The van der Waals surface area contributed by atoms with Gasteiger partial charge >= 0.3 is 0 Å². The lowest BCUT2D eigenvalue weighted by Crippen LogP contribution is -2.10. The Bertz CT molecular complexity index is 736. The Morgan fingerprint density at radius 1 is 1.30 bits per heavy atom. The number of alkyl halides is 1. The summed E-state index contributed by atoms with van der Waals surface area (Å²) in [4.78, 5) is 13.2. The highest BCUT2D eigenvalue weighted by molar-refractivity contribution is 6.16. The summed E-state index contributed by atoms with van der Waals surface area (Å²) in [6, 6.07) is 6.16. The van der Waals surface area contributed by atoms with Crippen LogP contribution in [0.25, 0.3) is 11.2 Å². The van der Waals surface area contributed by atoms with Crippen molar-refractivity contribution in [1.82, 2.24) is 19.5 Å². The third-order valence-corrected chi connectivity index (χ3v) is 3.67. The second-order valence-corrected chi connectivity index (χ2v) is 5.11. The standard InChI is InChI=1S/C15H15ClN4/c1-10-7-13-15(18-9-10)20(14(8-16)19-13)11(2)12-3-5-17-6-4-12/h3-7,9,11H,8H2,1-2H3. The number of pyridine rings is 2. The summed E-state index contributed by atoms with van der Waals surface area (Å²) in [6.07, 6.45) is 5.45. The first-order chi connectivity index (χ1) is 9.70. The van der Waals surface area contributed by atoms with Crippen LogP contribution in [0.2, 0.25) is 0 Å². The maximum Gasteiger partial charge on any atom is 0.160 e. The molecular formula is C15H15ClN4. The molecule has 3 aromatic heterocycles. The lowest BCUT2D eigenvalue weighted by Gasteiger charge is -2.16. The predicted molar refractivity (Wildman–Crippen MR) is 79.9 cm³/mol. The number of aromatic nitrogens is 4. The molecule has 0 aliphatic rings. The highest BCUT2D eigenvalue weighted by atomic mass is 35.5. The van der Waals surface area contributed by atoms with Crippen LogP contribution in [0, 0.1) is 6.92 Å². The fourth-order valence-corrected chi connectivity index (χ4v) is 2.61. The summed E-state index contributed by atoms with van der Waals surface area (Å²) < 4.78 is 2.09. The van der Waals surface area contributed by atoms with Crippen molar-refractivity contribution in [2.24, 2.45) is 0 Å². The van der Waals surface area contributed by atoms with Crippen LogP contribution in [-0.2, 0) is 5.88 Å². The molecule has 20 heavy (non-hydrogen) atoms. The average Bonchev–Trinajstić information content (AvgIpc) is 2.84. The number of hydrogen-bond acceptors (Lipinski definition) is 3. The second-order valence-electron chi connectivity index (χ2n) is 4.84. The van der Waals surface area contributed by atoms with Gasteiger partial charge in [-0.2, -0.15) is 0 Å². The molecule has 0 aliphatic carbocycles. The van der Waals surface area contributed by atoms with Gasteiger partial charge in [0.05, 0.1) is 11.9 Å². The molecule has 0 N–H and O–H groups in total. The molecule has 102 valence electrons. The van der Waals surface area contributed by atoms with Gasteiger partial charge in [-0.3, -0.25) is 4.98 Å². The monoisotopic (exact) mass is 286 g/mol. The van der Waals surface area contributed by atoms with E-state index in [4.69, 9.17) is 11.6 Å². The van der Waals surface area contributed by atoms with E-state index in [0.29, 0.717) is 5.88 Å². The van der Waals surface area contributed by atoms with Crippen LogP contribution in [0.15, 0.2) is 36.8 Å². The first-order valence-corrected chi connectivity index (χ1v) is 7.03. The molecule has 1 atom stereocenters. The fraction of sp³-hybridized carbons (Fsp3) is 0.267. The van der Waals surface area contributed by atoms with E-state index in [0.717, 1.165) is 28.1 Å². The van der Waals surface area contributed by atoms with Crippen LogP contribution < -0.4 is 0 Å². The van der Waals surface area contributed by atoms with Gasteiger partial charge < -0.3 is 4.57 Å². The van der Waals surface area contributed by atoms with Gasteiger partial charge in [0.1, 0.15) is 11.3 Å². The van der Waals surface area contributed by atoms with E-state index in [9.17, 15) is 0 Å². The number of imidazole rings is 1. The van der Waals surface area contributed by atoms with Crippen LogP contribution in [0.4, 0.5) is 0 Å². The summed E-state index contributed by atoms with van der Waals surface area (Å²) in [5, 5.41) is 0. The van der Waals surface area contributed by atoms with Crippen LogP contribution in [-0.4, -0.2) is 19.5 Å². The highest BCUT2D eigenvalue weighted by Crippen LogP contribution is 2.25. The van der Waals surface area contributed by atoms with Crippen molar-refractivity contribution in [1.29, 1.82) is 0 Å².